The van der Waals surface area contributed by atoms with E-state index in [-0.39, 0.29) is 34.2 Å². The Morgan fingerprint density at radius 3 is 1.95 bits per heavy atom. The molecule has 4 aliphatic rings. The molecule has 44 heavy (non-hydrogen) atoms. The molecule has 1 heterocycles. The minimum atomic E-state index is -1.02. The molecule has 4 atom stereocenters. The first-order chi connectivity index (χ1) is 20.0. The number of esters is 1. The van der Waals surface area contributed by atoms with E-state index in [0.29, 0.717) is 30.1 Å². The van der Waals surface area contributed by atoms with Crippen LogP contribution in [-0.4, -0.2) is 53.9 Å². The number of ether oxygens (including phenoxy) is 5. The lowest BCUT2D eigenvalue weighted by atomic mass is 9.43. The summed E-state index contributed by atoms with van der Waals surface area (Å²) in [5, 5.41) is 0. The molecule has 0 spiro atoms. The molecule has 4 fully saturated rings. The summed E-state index contributed by atoms with van der Waals surface area (Å²) in [6, 6.07) is 3.10. The van der Waals surface area contributed by atoms with Crippen LogP contribution in [0.2, 0.25) is 6.32 Å². The minimum Gasteiger partial charge on any atom is -0.456 e. The normalized spacial score (nSPS) is 25.8. The summed E-state index contributed by atoms with van der Waals surface area (Å²) in [6.45, 7) is 22.1. The van der Waals surface area contributed by atoms with Crippen molar-refractivity contribution in [2.75, 3.05) is 0 Å². The van der Waals surface area contributed by atoms with Crippen molar-refractivity contribution in [3.05, 3.63) is 23.3 Å². The number of hydrogen-bond acceptors (Lipinski definition) is 10. The van der Waals surface area contributed by atoms with E-state index in [1.165, 1.54) is 6.07 Å². The van der Waals surface area contributed by atoms with Gasteiger partial charge in [-0.3, -0.25) is 0 Å². The first-order valence-electron chi connectivity index (χ1n) is 15.5. The molecule has 244 valence electrons. The molecule has 1 saturated heterocycles. The van der Waals surface area contributed by atoms with Gasteiger partial charge in [-0.2, -0.15) is 0 Å². The summed E-state index contributed by atoms with van der Waals surface area (Å²) < 4.78 is 40.6. The maximum Gasteiger partial charge on any atom is 0.514 e. The summed E-state index contributed by atoms with van der Waals surface area (Å²) in [7, 11) is -0.475. The molecule has 11 heteroatoms. The Morgan fingerprint density at radius 1 is 0.841 bits per heavy atom. The molecular weight excluding hydrogens is 567 g/mol. The zero-order valence-corrected chi connectivity index (χ0v) is 28.4. The highest BCUT2D eigenvalue weighted by atomic mass is 16.7. The predicted molar refractivity (Wildman–Crippen MR) is 164 cm³/mol. The van der Waals surface area contributed by atoms with Gasteiger partial charge in [0.1, 0.15) is 22.4 Å². The van der Waals surface area contributed by atoms with Crippen molar-refractivity contribution in [1.29, 1.82) is 0 Å². The van der Waals surface area contributed by atoms with Gasteiger partial charge in [0.25, 0.3) is 0 Å². The van der Waals surface area contributed by atoms with Gasteiger partial charge in [0.15, 0.2) is 11.5 Å². The Kier molecular flexibility index (Phi) is 8.94. The Bertz CT molecular complexity index is 1280. The van der Waals surface area contributed by atoms with Gasteiger partial charge in [-0.05, 0) is 124 Å². The second-order valence-electron chi connectivity index (χ2n) is 16.0. The Hall–Kier alpha value is -2.79. The molecule has 0 aromatic heterocycles. The van der Waals surface area contributed by atoms with Crippen LogP contribution in [0.4, 0.5) is 9.59 Å². The zero-order chi connectivity index (χ0) is 33.0. The number of rotatable bonds is 6. The van der Waals surface area contributed by atoms with Gasteiger partial charge in [-0.1, -0.05) is 19.9 Å². The zero-order valence-electron chi connectivity index (χ0n) is 28.4. The van der Waals surface area contributed by atoms with E-state index in [4.69, 9.17) is 33.0 Å². The molecule has 1 aromatic rings. The van der Waals surface area contributed by atoms with Gasteiger partial charge in [-0.25, -0.2) is 14.4 Å². The third kappa shape index (κ3) is 7.53. The van der Waals surface area contributed by atoms with Crippen LogP contribution >= 0.6 is 0 Å². The highest BCUT2D eigenvalue weighted by Gasteiger charge is 2.67. The van der Waals surface area contributed by atoms with E-state index < -0.39 is 42.2 Å². The van der Waals surface area contributed by atoms with E-state index >= 15 is 0 Å². The molecule has 0 N–H and O–H groups in total. The fraction of sp³-hybridized carbons (Fsp3) is 0.727. The van der Waals surface area contributed by atoms with Crippen LogP contribution in [-0.2, 0) is 29.9 Å². The summed E-state index contributed by atoms with van der Waals surface area (Å²) in [5.74, 6) is -0.108. The van der Waals surface area contributed by atoms with E-state index in [2.05, 4.69) is 20.8 Å². The highest BCUT2D eigenvalue weighted by Crippen LogP contribution is 2.65. The molecule has 1 aliphatic heterocycles. The third-order valence-electron chi connectivity index (χ3n) is 8.61. The maximum atomic E-state index is 13.6. The summed E-state index contributed by atoms with van der Waals surface area (Å²) in [6.07, 6.45) is 0.838. The van der Waals surface area contributed by atoms with Crippen LogP contribution in [0.25, 0.3) is 0 Å². The molecular formula is C33H49BO10. The lowest BCUT2D eigenvalue weighted by Crippen LogP contribution is -2.65. The predicted octanol–water partition coefficient (Wildman–Crippen LogP) is 7.54. The minimum absolute atomic E-state index is 0.0173. The smallest absolute Gasteiger partial charge is 0.456 e. The average molecular weight is 617 g/mol. The maximum absolute atomic E-state index is 13.6. The van der Waals surface area contributed by atoms with Crippen molar-refractivity contribution >= 4 is 25.4 Å². The molecule has 0 amide bonds. The van der Waals surface area contributed by atoms with Crippen LogP contribution in [0.5, 0.6) is 11.5 Å². The SMILES string of the molecule is CC(C)(C)OC(=O)Oc1ccc(CCB2O[C@@H]3C[C@@H]4C[C@@H](C4(C)C)[C@]3(C)O2)c(OC(=O)OC(C)(C)C)c1C(=O)OC(C)(C)C. The lowest BCUT2D eigenvalue weighted by Gasteiger charge is -2.64. The first-order valence-corrected chi connectivity index (χ1v) is 15.5. The second kappa shape index (κ2) is 11.5. The lowest BCUT2D eigenvalue weighted by molar-refractivity contribution is -0.199. The van der Waals surface area contributed by atoms with Crippen molar-refractivity contribution in [3.63, 3.8) is 0 Å². The van der Waals surface area contributed by atoms with Gasteiger partial charge in [0.05, 0.1) is 11.7 Å². The molecule has 10 nitrogen and oxygen atoms in total. The molecule has 3 aliphatic carbocycles. The quantitative estimate of drug-likeness (QED) is 0.137. The van der Waals surface area contributed by atoms with Crippen molar-refractivity contribution in [2.24, 2.45) is 17.3 Å². The van der Waals surface area contributed by atoms with Gasteiger partial charge in [0.2, 0.25) is 0 Å². The van der Waals surface area contributed by atoms with E-state index in [9.17, 15) is 14.4 Å². The van der Waals surface area contributed by atoms with E-state index in [1.807, 2.05) is 0 Å². The van der Waals surface area contributed by atoms with Gasteiger partial charge in [-0.15, -0.1) is 0 Å². The van der Waals surface area contributed by atoms with Crippen molar-refractivity contribution in [3.8, 4) is 11.5 Å². The summed E-state index contributed by atoms with van der Waals surface area (Å²) in [5.41, 5.74) is -2.50. The number of carbonyl (C=O) groups is 3. The summed E-state index contributed by atoms with van der Waals surface area (Å²) >= 11 is 0. The van der Waals surface area contributed by atoms with Crippen LogP contribution in [0.15, 0.2) is 12.1 Å². The average Bonchev–Trinajstić information content (AvgIpc) is 3.15. The number of aryl methyl sites for hydroxylation is 1. The standard InChI is InChI=1S/C33H49BO10/c1-29(2,3)40-26(35)24-21(38-27(36)41-30(4,5)6)14-13-19(25(24)39-28(37)42-31(7,8)9)15-16-34-43-23-18-20-17-22(32(20,10)11)33(23,12)44-34/h13-14,20,22-23H,15-18H2,1-12H3/t20-,22-,23+,33-/m0/s1. The van der Waals surface area contributed by atoms with E-state index in [0.717, 1.165) is 12.8 Å². The van der Waals surface area contributed by atoms with Crippen molar-refractivity contribution in [2.45, 2.75) is 137 Å². The molecule has 0 unspecified atom stereocenters. The van der Waals surface area contributed by atoms with Crippen LogP contribution < -0.4 is 9.47 Å². The number of carbonyl (C=O) groups excluding carboxylic acids is 3. The van der Waals surface area contributed by atoms with E-state index in [1.54, 1.807) is 68.4 Å². The van der Waals surface area contributed by atoms with Crippen molar-refractivity contribution < 1.29 is 47.4 Å². The fourth-order valence-electron chi connectivity index (χ4n) is 6.59. The molecule has 5 rings (SSSR count). The van der Waals surface area contributed by atoms with Crippen molar-refractivity contribution in [1.82, 2.24) is 0 Å². The Balaban J connectivity index is 1.66. The molecule has 0 radical (unpaired) electrons. The van der Waals surface area contributed by atoms with Crippen LogP contribution in [0.3, 0.4) is 0 Å². The summed E-state index contributed by atoms with van der Waals surface area (Å²) in [4.78, 5) is 39.2. The van der Waals surface area contributed by atoms with Gasteiger partial charge < -0.3 is 33.0 Å². The Labute approximate surface area is 261 Å². The molecule has 3 saturated carbocycles. The Morgan fingerprint density at radius 2 is 1.41 bits per heavy atom. The highest BCUT2D eigenvalue weighted by molar-refractivity contribution is 6.45. The molecule has 1 aromatic carbocycles. The van der Waals surface area contributed by atoms with Gasteiger partial charge in [0, 0.05) is 0 Å². The molecule has 2 bridgehead atoms. The third-order valence-corrected chi connectivity index (χ3v) is 8.61. The van der Waals surface area contributed by atoms with Crippen LogP contribution in [0.1, 0.15) is 112 Å². The largest absolute Gasteiger partial charge is 0.514 e. The second-order valence-corrected chi connectivity index (χ2v) is 16.0. The van der Waals surface area contributed by atoms with Crippen LogP contribution in [0, 0.1) is 17.3 Å². The number of hydrogen-bond donors (Lipinski definition) is 0. The fourth-order valence-corrected chi connectivity index (χ4v) is 6.59. The first kappa shape index (κ1) is 34.1. The topological polar surface area (TPSA) is 116 Å². The number of benzene rings is 1. The van der Waals surface area contributed by atoms with Gasteiger partial charge >= 0.3 is 25.4 Å². The monoisotopic (exact) mass is 616 g/mol.